The van der Waals surface area contributed by atoms with Gasteiger partial charge < -0.3 is 20.3 Å². The van der Waals surface area contributed by atoms with Crippen molar-refractivity contribution in [3.63, 3.8) is 0 Å². The first-order valence-electron chi connectivity index (χ1n) is 12.3. The number of ether oxygens (including phenoxy) is 1. The SMILES string of the molecule is CC(=O)c1ccc(NC(=O)NC2[C@@H](F)CCO[C@@H]2CN2CCC(Cc3ccc(F)cc3)CC2)cc1. The van der Waals surface area contributed by atoms with Gasteiger partial charge in [-0.25, -0.2) is 13.6 Å². The van der Waals surface area contributed by atoms with Crippen molar-refractivity contribution >= 4 is 17.5 Å². The first kappa shape index (κ1) is 25.3. The Hall–Kier alpha value is -2.84. The number of anilines is 1. The van der Waals surface area contributed by atoms with E-state index in [1.165, 1.54) is 19.1 Å². The number of piperidine rings is 1. The molecule has 0 spiro atoms. The van der Waals surface area contributed by atoms with Gasteiger partial charge in [0.2, 0.25) is 0 Å². The summed E-state index contributed by atoms with van der Waals surface area (Å²) < 4.78 is 33.9. The van der Waals surface area contributed by atoms with Gasteiger partial charge in [-0.05, 0) is 87.2 Å². The van der Waals surface area contributed by atoms with Crippen molar-refractivity contribution in [1.29, 1.82) is 0 Å². The topological polar surface area (TPSA) is 70.7 Å². The molecular formula is C27H33F2N3O3. The van der Waals surface area contributed by atoms with Crippen LogP contribution in [0.4, 0.5) is 19.3 Å². The highest BCUT2D eigenvalue weighted by Crippen LogP contribution is 2.25. The van der Waals surface area contributed by atoms with Crippen LogP contribution in [0.5, 0.6) is 0 Å². The quantitative estimate of drug-likeness (QED) is 0.563. The summed E-state index contributed by atoms with van der Waals surface area (Å²) in [6.07, 6.45) is 1.58. The van der Waals surface area contributed by atoms with Gasteiger partial charge in [0, 0.05) is 30.8 Å². The Morgan fingerprint density at radius 3 is 2.37 bits per heavy atom. The molecule has 0 radical (unpaired) electrons. The number of alkyl halides is 1. The number of carbonyl (C=O) groups is 2. The van der Waals surface area contributed by atoms with Gasteiger partial charge in [-0.2, -0.15) is 0 Å². The molecule has 1 unspecified atom stereocenters. The summed E-state index contributed by atoms with van der Waals surface area (Å²) in [5.74, 6) is 0.264. The molecule has 2 heterocycles. The molecule has 188 valence electrons. The maximum absolute atomic E-state index is 14.8. The smallest absolute Gasteiger partial charge is 0.319 e. The zero-order chi connectivity index (χ0) is 24.8. The summed E-state index contributed by atoms with van der Waals surface area (Å²) in [6.45, 7) is 4.13. The lowest BCUT2D eigenvalue weighted by atomic mass is 9.89. The normalized spacial score (nSPS) is 23.6. The molecule has 2 aromatic carbocycles. The molecule has 2 aliphatic heterocycles. The van der Waals surface area contributed by atoms with Crippen LogP contribution in [-0.2, 0) is 11.2 Å². The van der Waals surface area contributed by atoms with Crippen molar-refractivity contribution in [3.8, 4) is 0 Å². The second-order valence-electron chi connectivity index (χ2n) is 9.55. The molecule has 2 fully saturated rings. The van der Waals surface area contributed by atoms with E-state index in [2.05, 4.69) is 15.5 Å². The zero-order valence-corrected chi connectivity index (χ0v) is 20.0. The second kappa shape index (κ2) is 11.7. The third kappa shape index (κ3) is 7.08. The van der Waals surface area contributed by atoms with Crippen LogP contribution in [-0.4, -0.2) is 61.3 Å². The van der Waals surface area contributed by atoms with E-state index < -0.39 is 24.3 Å². The fourth-order valence-electron chi connectivity index (χ4n) is 4.89. The summed E-state index contributed by atoms with van der Waals surface area (Å²) in [4.78, 5) is 26.3. The minimum Gasteiger partial charge on any atom is -0.375 e. The number of benzene rings is 2. The number of carbonyl (C=O) groups excluding carboxylic acids is 2. The number of nitrogens with one attached hydrogen (secondary N) is 2. The first-order valence-corrected chi connectivity index (χ1v) is 12.3. The van der Waals surface area contributed by atoms with E-state index in [4.69, 9.17) is 4.74 Å². The molecule has 0 saturated carbocycles. The lowest BCUT2D eigenvalue weighted by Crippen LogP contribution is -2.58. The van der Waals surface area contributed by atoms with Gasteiger partial charge >= 0.3 is 6.03 Å². The van der Waals surface area contributed by atoms with Crippen LogP contribution in [0.1, 0.15) is 42.1 Å². The number of amides is 2. The fraction of sp³-hybridized carbons (Fsp3) is 0.481. The van der Waals surface area contributed by atoms with E-state index in [9.17, 15) is 18.4 Å². The highest BCUT2D eigenvalue weighted by atomic mass is 19.1. The van der Waals surface area contributed by atoms with E-state index in [-0.39, 0.29) is 18.0 Å². The standard InChI is InChI=1S/C27H33F2N3O3/c1-18(33)21-4-8-23(9-5-21)30-27(34)31-26-24(29)12-15-35-25(26)17-32-13-10-20(11-14-32)16-19-2-6-22(28)7-3-19/h2-9,20,24-26H,10-17H2,1H3,(H2,30,31,34)/t24-,25+,26?/m0/s1. The maximum atomic E-state index is 14.8. The van der Waals surface area contributed by atoms with Crippen molar-refractivity contribution in [2.45, 2.75) is 50.9 Å². The van der Waals surface area contributed by atoms with E-state index >= 15 is 0 Å². The van der Waals surface area contributed by atoms with E-state index in [1.807, 2.05) is 12.1 Å². The minimum absolute atomic E-state index is 0.0528. The van der Waals surface area contributed by atoms with Crippen molar-refractivity contribution in [2.75, 3.05) is 31.6 Å². The molecule has 2 aromatic rings. The van der Waals surface area contributed by atoms with Gasteiger partial charge in [0.25, 0.3) is 0 Å². The lowest BCUT2D eigenvalue weighted by molar-refractivity contribution is -0.0590. The summed E-state index contributed by atoms with van der Waals surface area (Å²) >= 11 is 0. The molecule has 3 atom stereocenters. The Labute approximate surface area is 205 Å². The predicted molar refractivity (Wildman–Crippen MR) is 131 cm³/mol. The Bertz CT molecular complexity index is 992. The van der Waals surface area contributed by atoms with E-state index in [0.29, 0.717) is 30.3 Å². The molecule has 4 rings (SSSR count). The van der Waals surface area contributed by atoms with Crippen LogP contribution < -0.4 is 10.6 Å². The zero-order valence-electron chi connectivity index (χ0n) is 20.0. The molecule has 0 aliphatic carbocycles. The summed E-state index contributed by atoms with van der Waals surface area (Å²) in [7, 11) is 0. The lowest BCUT2D eigenvalue weighted by Gasteiger charge is -2.39. The maximum Gasteiger partial charge on any atom is 0.319 e. The average Bonchev–Trinajstić information content (AvgIpc) is 2.84. The summed E-state index contributed by atoms with van der Waals surface area (Å²) in [6, 6.07) is 12.0. The largest absolute Gasteiger partial charge is 0.375 e. The Balaban J connectivity index is 1.27. The van der Waals surface area contributed by atoms with Crippen LogP contribution >= 0.6 is 0 Å². The second-order valence-corrected chi connectivity index (χ2v) is 9.55. The highest BCUT2D eigenvalue weighted by molar-refractivity contribution is 5.95. The number of halogens is 2. The van der Waals surface area contributed by atoms with Gasteiger partial charge in [-0.15, -0.1) is 0 Å². The van der Waals surface area contributed by atoms with Gasteiger partial charge in [0.15, 0.2) is 5.78 Å². The number of likely N-dealkylation sites (tertiary alicyclic amines) is 1. The van der Waals surface area contributed by atoms with Gasteiger partial charge in [0.05, 0.1) is 12.1 Å². The molecule has 8 heteroatoms. The van der Waals surface area contributed by atoms with Gasteiger partial charge in [-0.1, -0.05) is 12.1 Å². The van der Waals surface area contributed by atoms with Crippen LogP contribution in [0.15, 0.2) is 48.5 Å². The molecule has 2 N–H and O–H groups in total. The monoisotopic (exact) mass is 485 g/mol. The van der Waals surface area contributed by atoms with Crippen LogP contribution in [0.25, 0.3) is 0 Å². The van der Waals surface area contributed by atoms with Gasteiger partial charge in [0.1, 0.15) is 12.0 Å². The number of Topliss-reactive ketones (excluding diaryl/α,β-unsaturated/α-hetero) is 1. The molecule has 35 heavy (non-hydrogen) atoms. The Kier molecular flexibility index (Phi) is 8.46. The van der Waals surface area contributed by atoms with Crippen molar-refractivity contribution in [2.24, 2.45) is 5.92 Å². The molecule has 2 aliphatic rings. The minimum atomic E-state index is -1.18. The molecular weight excluding hydrogens is 452 g/mol. The van der Waals surface area contributed by atoms with Crippen LogP contribution in [0.3, 0.4) is 0 Å². The van der Waals surface area contributed by atoms with Gasteiger partial charge in [-0.3, -0.25) is 4.79 Å². The predicted octanol–water partition coefficient (Wildman–Crippen LogP) is 4.60. The number of nitrogens with zero attached hydrogens (tertiary/aromatic N) is 1. The molecule has 0 aromatic heterocycles. The third-order valence-electron chi connectivity index (χ3n) is 6.95. The number of rotatable bonds is 7. The van der Waals surface area contributed by atoms with Crippen LogP contribution in [0.2, 0.25) is 0 Å². The van der Waals surface area contributed by atoms with E-state index in [1.54, 1.807) is 24.3 Å². The Morgan fingerprint density at radius 1 is 1.03 bits per heavy atom. The highest BCUT2D eigenvalue weighted by Gasteiger charge is 2.37. The number of urea groups is 1. The van der Waals surface area contributed by atoms with Crippen LogP contribution in [0, 0.1) is 11.7 Å². The van der Waals surface area contributed by atoms with E-state index in [0.717, 1.165) is 37.9 Å². The molecule has 0 bridgehead atoms. The molecule has 2 amide bonds. The number of ketones is 1. The third-order valence-corrected chi connectivity index (χ3v) is 6.95. The number of hydrogen-bond donors (Lipinski definition) is 2. The van der Waals surface area contributed by atoms with Crippen molar-refractivity contribution in [3.05, 3.63) is 65.5 Å². The molecule has 2 saturated heterocycles. The molecule has 6 nitrogen and oxygen atoms in total. The van der Waals surface area contributed by atoms with Crippen molar-refractivity contribution < 1.29 is 23.1 Å². The fourth-order valence-corrected chi connectivity index (χ4v) is 4.89. The number of hydrogen-bond acceptors (Lipinski definition) is 4. The average molecular weight is 486 g/mol. The summed E-state index contributed by atoms with van der Waals surface area (Å²) in [5, 5.41) is 5.48. The Morgan fingerprint density at radius 2 is 1.71 bits per heavy atom. The first-order chi connectivity index (χ1) is 16.9. The summed E-state index contributed by atoms with van der Waals surface area (Å²) in [5.41, 5.74) is 2.23. The van der Waals surface area contributed by atoms with Crippen molar-refractivity contribution in [1.82, 2.24) is 10.2 Å².